The van der Waals surface area contributed by atoms with Crippen molar-refractivity contribution in [3.8, 4) is 5.69 Å². The number of anilines is 2. The highest BCUT2D eigenvalue weighted by atomic mass is 15.1. The van der Waals surface area contributed by atoms with Crippen LogP contribution in [-0.2, 0) is 0 Å². The normalized spacial score (nSPS) is 11.2. The number of hydrogen-bond acceptors (Lipinski definition) is 1. The minimum Gasteiger partial charge on any atom is -0.342 e. The topological polar surface area (TPSA) is 8.17 Å². The first-order valence-corrected chi connectivity index (χ1v) is 9.78. The number of nitrogens with zero attached hydrogens (tertiary/aromatic N) is 2. The number of aromatic nitrogens is 1. The van der Waals surface area contributed by atoms with E-state index >= 15 is 0 Å². The summed E-state index contributed by atoms with van der Waals surface area (Å²) in [6.07, 6.45) is 0. The van der Waals surface area contributed by atoms with E-state index in [1.54, 1.807) is 0 Å². The van der Waals surface area contributed by atoms with Gasteiger partial charge in [0.15, 0.2) is 0 Å². The van der Waals surface area contributed by atoms with E-state index in [4.69, 9.17) is 0 Å². The smallest absolute Gasteiger partial charge is 0.0541 e. The number of para-hydroxylation sites is 3. The molecule has 0 unspecified atom stereocenters. The maximum absolute atomic E-state index is 2.35. The van der Waals surface area contributed by atoms with Crippen molar-refractivity contribution in [2.24, 2.45) is 0 Å². The van der Waals surface area contributed by atoms with Crippen LogP contribution in [0.4, 0.5) is 11.4 Å². The van der Waals surface area contributed by atoms with Crippen LogP contribution in [0.3, 0.4) is 0 Å². The lowest BCUT2D eigenvalue weighted by Gasteiger charge is -2.23. The van der Waals surface area contributed by atoms with E-state index < -0.39 is 0 Å². The molecule has 0 aliphatic carbocycles. The van der Waals surface area contributed by atoms with Gasteiger partial charge in [0.2, 0.25) is 0 Å². The number of hydrogen-bond donors (Lipinski definition) is 0. The third kappa shape index (κ3) is 2.66. The molecule has 136 valence electrons. The Labute approximate surface area is 165 Å². The fraction of sp³-hybridized carbons (Fsp3) is 0.0769. The summed E-state index contributed by atoms with van der Waals surface area (Å²) in [5.74, 6) is 0. The van der Waals surface area contributed by atoms with Gasteiger partial charge in [0.05, 0.1) is 11.0 Å². The zero-order chi connectivity index (χ0) is 18.9. The SMILES string of the molecule is CCN(c1ccccc1)c1ccc(-n2c3ccccc3c3ccccc32)cc1. The van der Waals surface area contributed by atoms with Gasteiger partial charge in [0.25, 0.3) is 0 Å². The van der Waals surface area contributed by atoms with Gasteiger partial charge in [0, 0.05) is 34.4 Å². The zero-order valence-corrected chi connectivity index (χ0v) is 15.9. The van der Waals surface area contributed by atoms with E-state index in [0.717, 1.165) is 6.54 Å². The van der Waals surface area contributed by atoms with Crippen LogP contribution in [0.15, 0.2) is 103 Å². The third-order valence-electron chi connectivity index (χ3n) is 5.38. The first-order chi connectivity index (χ1) is 13.9. The van der Waals surface area contributed by atoms with Gasteiger partial charge in [-0.2, -0.15) is 0 Å². The molecule has 0 aliphatic heterocycles. The molecule has 1 aromatic heterocycles. The van der Waals surface area contributed by atoms with Crippen molar-refractivity contribution in [1.29, 1.82) is 0 Å². The Morgan fingerprint density at radius 2 is 1.07 bits per heavy atom. The van der Waals surface area contributed by atoms with E-state index in [-0.39, 0.29) is 0 Å². The highest BCUT2D eigenvalue weighted by molar-refractivity contribution is 6.09. The quantitative estimate of drug-likeness (QED) is 0.336. The van der Waals surface area contributed by atoms with Crippen molar-refractivity contribution < 1.29 is 0 Å². The molecule has 2 heteroatoms. The summed E-state index contributed by atoms with van der Waals surface area (Å²) in [5.41, 5.74) is 6.09. The molecule has 28 heavy (non-hydrogen) atoms. The molecule has 0 N–H and O–H groups in total. The summed E-state index contributed by atoms with van der Waals surface area (Å²) < 4.78 is 2.35. The highest BCUT2D eigenvalue weighted by Crippen LogP contribution is 2.33. The predicted octanol–water partition coefficient (Wildman–Crippen LogP) is 6.94. The summed E-state index contributed by atoms with van der Waals surface area (Å²) in [4.78, 5) is 2.33. The van der Waals surface area contributed by atoms with Crippen molar-refractivity contribution in [3.63, 3.8) is 0 Å². The third-order valence-corrected chi connectivity index (χ3v) is 5.38. The maximum Gasteiger partial charge on any atom is 0.0541 e. The molecule has 0 saturated heterocycles. The van der Waals surface area contributed by atoms with E-state index in [1.807, 2.05) is 0 Å². The summed E-state index contributed by atoms with van der Waals surface area (Å²) in [6.45, 7) is 3.12. The molecule has 0 spiro atoms. The fourth-order valence-electron chi connectivity index (χ4n) is 4.10. The van der Waals surface area contributed by atoms with Gasteiger partial charge in [-0.05, 0) is 55.5 Å². The molecule has 5 rings (SSSR count). The average molecular weight is 362 g/mol. The van der Waals surface area contributed by atoms with Crippen molar-refractivity contribution in [2.75, 3.05) is 11.4 Å². The van der Waals surface area contributed by atoms with Crippen LogP contribution < -0.4 is 4.90 Å². The summed E-state index contributed by atoms with van der Waals surface area (Å²) in [6, 6.07) is 36.7. The Morgan fingerprint density at radius 1 is 0.571 bits per heavy atom. The average Bonchev–Trinajstić information content (AvgIpc) is 3.10. The summed E-state index contributed by atoms with van der Waals surface area (Å²) >= 11 is 0. The molecule has 0 radical (unpaired) electrons. The minimum atomic E-state index is 0.929. The van der Waals surface area contributed by atoms with Crippen LogP contribution in [0.25, 0.3) is 27.5 Å². The number of benzene rings is 4. The van der Waals surface area contributed by atoms with Crippen molar-refractivity contribution in [2.45, 2.75) is 6.92 Å². The lowest BCUT2D eigenvalue weighted by Crippen LogP contribution is -2.15. The fourth-order valence-corrected chi connectivity index (χ4v) is 4.10. The van der Waals surface area contributed by atoms with Gasteiger partial charge < -0.3 is 9.47 Å². The zero-order valence-electron chi connectivity index (χ0n) is 15.9. The monoisotopic (exact) mass is 362 g/mol. The lowest BCUT2D eigenvalue weighted by atomic mass is 10.2. The van der Waals surface area contributed by atoms with Crippen molar-refractivity contribution in [1.82, 2.24) is 4.57 Å². The second-order valence-electron chi connectivity index (χ2n) is 6.97. The van der Waals surface area contributed by atoms with E-state index in [0.29, 0.717) is 0 Å². The molecule has 0 fully saturated rings. The first kappa shape index (κ1) is 16.6. The van der Waals surface area contributed by atoms with Crippen molar-refractivity contribution >= 4 is 33.2 Å². The second-order valence-corrected chi connectivity index (χ2v) is 6.97. The Hall–Kier alpha value is -3.52. The van der Waals surface area contributed by atoms with E-state index in [2.05, 4.69) is 120 Å². The molecule has 2 nitrogen and oxygen atoms in total. The van der Waals surface area contributed by atoms with E-state index in [9.17, 15) is 0 Å². The Balaban J connectivity index is 1.63. The Morgan fingerprint density at radius 3 is 1.64 bits per heavy atom. The molecule has 4 aromatic carbocycles. The van der Waals surface area contributed by atoms with Crippen molar-refractivity contribution in [3.05, 3.63) is 103 Å². The van der Waals surface area contributed by atoms with Crippen LogP contribution >= 0.6 is 0 Å². The van der Waals surface area contributed by atoms with Crippen LogP contribution in [0.5, 0.6) is 0 Å². The molecule has 0 amide bonds. The highest BCUT2D eigenvalue weighted by Gasteiger charge is 2.12. The van der Waals surface area contributed by atoms with Gasteiger partial charge in [-0.15, -0.1) is 0 Å². The van der Waals surface area contributed by atoms with Crippen LogP contribution in [0.1, 0.15) is 6.92 Å². The van der Waals surface area contributed by atoms with Crippen LogP contribution in [0, 0.1) is 0 Å². The second kappa shape index (κ2) is 6.90. The Kier molecular flexibility index (Phi) is 4.10. The molecule has 1 heterocycles. The van der Waals surface area contributed by atoms with E-state index in [1.165, 1.54) is 38.9 Å². The summed E-state index contributed by atoms with van der Waals surface area (Å²) in [7, 11) is 0. The molecule has 0 saturated carbocycles. The molecule has 0 aliphatic rings. The standard InChI is InChI=1S/C26H22N2/c1-2-27(20-10-4-3-5-11-20)21-16-18-22(19-17-21)28-25-14-8-6-12-23(25)24-13-7-9-15-26(24)28/h3-19H,2H2,1H3. The number of fused-ring (bicyclic) bond motifs is 3. The number of rotatable bonds is 4. The van der Waals surface area contributed by atoms with Gasteiger partial charge in [0.1, 0.15) is 0 Å². The molecule has 5 aromatic rings. The summed E-state index contributed by atoms with van der Waals surface area (Å²) in [5, 5.41) is 2.59. The maximum atomic E-state index is 2.35. The van der Waals surface area contributed by atoms with Crippen LogP contribution in [0.2, 0.25) is 0 Å². The van der Waals surface area contributed by atoms with Gasteiger partial charge in [-0.3, -0.25) is 0 Å². The van der Waals surface area contributed by atoms with Gasteiger partial charge >= 0.3 is 0 Å². The lowest BCUT2D eigenvalue weighted by molar-refractivity contribution is 1.02. The van der Waals surface area contributed by atoms with Gasteiger partial charge in [-0.1, -0.05) is 54.6 Å². The molecule has 0 atom stereocenters. The minimum absolute atomic E-state index is 0.929. The van der Waals surface area contributed by atoms with Gasteiger partial charge in [-0.25, -0.2) is 0 Å². The molecule has 0 bridgehead atoms. The largest absolute Gasteiger partial charge is 0.342 e. The first-order valence-electron chi connectivity index (χ1n) is 9.78. The molecular weight excluding hydrogens is 340 g/mol. The molecular formula is C26H22N2. The van der Waals surface area contributed by atoms with Crippen LogP contribution in [-0.4, -0.2) is 11.1 Å². The predicted molar refractivity (Wildman–Crippen MR) is 120 cm³/mol. The Bertz CT molecular complexity index is 1180.